The van der Waals surface area contributed by atoms with E-state index in [1.807, 2.05) is 0 Å². The normalized spacial score (nSPS) is 17.7. The van der Waals surface area contributed by atoms with Gasteiger partial charge in [0.1, 0.15) is 17.5 Å². The number of hydrazine groups is 1. The number of hydrogen-bond donors (Lipinski definition) is 4. The van der Waals surface area contributed by atoms with Crippen LogP contribution in [0.25, 0.3) is 0 Å². The Morgan fingerprint density at radius 1 is 1.44 bits per heavy atom. The molecule has 1 aromatic heterocycles. The number of anilines is 2. The first-order valence-electron chi connectivity index (χ1n) is 5.39. The number of hydrogen-bond acceptors (Lipinski definition) is 6. The van der Waals surface area contributed by atoms with Crippen LogP contribution in [0.4, 0.5) is 11.6 Å². The summed E-state index contributed by atoms with van der Waals surface area (Å²) >= 11 is 0. The van der Waals surface area contributed by atoms with Crippen LogP contribution >= 0.6 is 0 Å². The molecule has 0 atom stereocenters. The lowest BCUT2D eigenvalue weighted by Gasteiger charge is -2.41. The molecular weight excluding hydrogens is 206 g/mol. The zero-order chi connectivity index (χ0) is 11.6. The Hall–Kier alpha value is -1.40. The van der Waals surface area contributed by atoms with Gasteiger partial charge in [-0.2, -0.15) is 0 Å². The van der Waals surface area contributed by atoms with Crippen LogP contribution in [0.15, 0.2) is 6.07 Å². The molecule has 1 aliphatic carbocycles. The molecule has 0 aliphatic heterocycles. The van der Waals surface area contributed by atoms with Gasteiger partial charge in [-0.05, 0) is 26.2 Å². The molecule has 0 aromatic carbocycles. The van der Waals surface area contributed by atoms with Crippen LogP contribution in [0.2, 0.25) is 0 Å². The van der Waals surface area contributed by atoms with Gasteiger partial charge in [-0.15, -0.1) is 0 Å². The Morgan fingerprint density at radius 3 is 2.62 bits per heavy atom. The third-order valence-electron chi connectivity index (χ3n) is 2.99. The molecule has 6 nitrogen and oxygen atoms in total. The first kappa shape index (κ1) is 11.1. The summed E-state index contributed by atoms with van der Waals surface area (Å²) in [6.45, 7) is 1.93. The molecule has 5 N–H and O–H groups in total. The Labute approximate surface area is 94.3 Å². The van der Waals surface area contributed by atoms with E-state index < -0.39 is 0 Å². The summed E-state index contributed by atoms with van der Waals surface area (Å²) in [5.74, 6) is 7.23. The zero-order valence-electron chi connectivity index (χ0n) is 9.32. The van der Waals surface area contributed by atoms with E-state index in [-0.39, 0.29) is 12.1 Å². The van der Waals surface area contributed by atoms with E-state index in [4.69, 9.17) is 5.84 Å². The summed E-state index contributed by atoms with van der Waals surface area (Å²) in [7, 11) is 0. The highest BCUT2D eigenvalue weighted by atomic mass is 16.3. The van der Waals surface area contributed by atoms with Gasteiger partial charge in [0.15, 0.2) is 0 Å². The van der Waals surface area contributed by atoms with Gasteiger partial charge in [-0.25, -0.2) is 15.8 Å². The van der Waals surface area contributed by atoms with Gasteiger partial charge in [0.05, 0.1) is 12.1 Å². The maximum atomic E-state index is 9.35. The molecule has 1 saturated carbocycles. The maximum absolute atomic E-state index is 9.35. The third-order valence-corrected chi connectivity index (χ3v) is 2.99. The standard InChI is InChI=1S/C10H17N5O/c1-7-12-8(5-9(13-7)15-11)14-10(6-16)3-2-4-10/h5,16H,2-4,6,11H2,1H3,(H2,12,13,14,15). The van der Waals surface area contributed by atoms with Crippen LogP contribution in [-0.4, -0.2) is 27.2 Å². The van der Waals surface area contributed by atoms with Crippen LogP contribution in [0.1, 0.15) is 25.1 Å². The Kier molecular flexibility index (Phi) is 2.93. The lowest BCUT2D eigenvalue weighted by atomic mass is 9.77. The molecule has 1 aromatic rings. The monoisotopic (exact) mass is 223 g/mol. The molecule has 0 spiro atoms. The summed E-state index contributed by atoms with van der Waals surface area (Å²) in [5, 5.41) is 12.6. The van der Waals surface area contributed by atoms with E-state index >= 15 is 0 Å². The van der Waals surface area contributed by atoms with Gasteiger partial charge < -0.3 is 15.8 Å². The fraction of sp³-hybridized carbons (Fsp3) is 0.600. The molecule has 0 saturated heterocycles. The Morgan fingerprint density at radius 2 is 2.12 bits per heavy atom. The molecule has 0 bridgehead atoms. The van der Waals surface area contributed by atoms with Crippen molar-refractivity contribution in [1.82, 2.24) is 9.97 Å². The van der Waals surface area contributed by atoms with Crippen LogP contribution in [0.5, 0.6) is 0 Å². The summed E-state index contributed by atoms with van der Waals surface area (Å²) in [4.78, 5) is 8.37. The van der Waals surface area contributed by atoms with Gasteiger partial charge >= 0.3 is 0 Å². The first-order chi connectivity index (χ1) is 7.67. The van der Waals surface area contributed by atoms with Crippen molar-refractivity contribution in [2.24, 2.45) is 5.84 Å². The second kappa shape index (κ2) is 4.23. The van der Waals surface area contributed by atoms with E-state index in [0.717, 1.165) is 19.3 Å². The summed E-state index contributed by atoms with van der Waals surface area (Å²) < 4.78 is 0. The minimum absolute atomic E-state index is 0.126. The molecule has 6 heteroatoms. The van der Waals surface area contributed by atoms with Crippen molar-refractivity contribution in [2.45, 2.75) is 31.7 Å². The molecule has 2 rings (SSSR count). The van der Waals surface area contributed by atoms with Gasteiger partial charge in [-0.3, -0.25) is 0 Å². The molecule has 1 aliphatic rings. The molecular formula is C10H17N5O. The molecule has 0 radical (unpaired) electrons. The number of nitrogens with one attached hydrogen (secondary N) is 2. The lowest BCUT2D eigenvalue weighted by Crippen LogP contribution is -2.48. The molecule has 0 unspecified atom stereocenters. The number of nitrogens with zero attached hydrogens (tertiary/aromatic N) is 2. The average Bonchev–Trinajstić information content (AvgIpc) is 2.22. The van der Waals surface area contributed by atoms with Crippen molar-refractivity contribution >= 4 is 11.6 Å². The largest absolute Gasteiger partial charge is 0.394 e. The van der Waals surface area contributed by atoms with Crippen LogP contribution in [0, 0.1) is 6.92 Å². The smallest absolute Gasteiger partial charge is 0.145 e. The lowest BCUT2D eigenvalue weighted by molar-refractivity contribution is 0.144. The number of nitrogens with two attached hydrogens (primary N) is 1. The number of aromatic nitrogens is 2. The van der Waals surface area contributed by atoms with Gasteiger partial charge in [-0.1, -0.05) is 0 Å². The highest BCUT2D eigenvalue weighted by Crippen LogP contribution is 2.34. The van der Waals surface area contributed by atoms with Gasteiger partial charge in [0, 0.05) is 6.07 Å². The molecule has 1 fully saturated rings. The predicted octanol–water partition coefficient (Wildman–Crippen LogP) is 0.398. The second-order valence-electron chi connectivity index (χ2n) is 4.25. The Bertz CT molecular complexity index is 372. The van der Waals surface area contributed by atoms with Crippen LogP contribution in [-0.2, 0) is 0 Å². The quantitative estimate of drug-likeness (QED) is 0.436. The van der Waals surface area contributed by atoms with Crippen molar-refractivity contribution in [3.63, 3.8) is 0 Å². The summed E-state index contributed by atoms with van der Waals surface area (Å²) in [6.07, 6.45) is 3.08. The fourth-order valence-corrected chi connectivity index (χ4v) is 1.90. The minimum atomic E-state index is -0.202. The Balaban J connectivity index is 2.17. The van der Waals surface area contributed by atoms with E-state index in [9.17, 15) is 5.11 Å². The zero-order valence-corrected chi connectivity index (χ0v) is 9.32. The third kappa shape index (κ3) is 2.07. The number of aliphatic hydroxyl groups is 1. The van der Waals surface area contributed by atoms with Crippen molar-refractivity contribution in [2.75, 3.05) is 17.3 Å². The number of aryl methyl sites for hydroxylation is 1. The number of aliphatic hydroxyl groups excluding tert-OH is 1. The second-order valence-corrected chi connectivity index (χ2v) is 4.25. The first-order valence-corrected chi connectivity index (χ1v) is 5.39. The topological polar surface area (TPSA) is 96.1 Å². The van der Waals surface area contributed by atoms with Crippen molar-refractivity contribution in [3.8, 4) is 0 Å². The summed E-state index contributed by atoms with van der Waals surface area (Å²) in [5.41, 5.74) is 2.29. The van der Waals surface area contributed by atoms with Crippen LogP contribution < -0.4 is 16.6 Å². The fourth-order valence-electron chi connectivity index (χ4n) is 1.90. The molecule has 88 valence electrons. The van der Waals surface area contributed by atoms with Gasteiger partial charge in [0.25, 0.3) is 0 Å². The van der Waals surface area contributed by atoms with Crippen LogP contribution in [0.3, 0.4) is 0 Å². The average molecular weight is 223 g/mol. The molecule has 0 amide bonds. The van der Waals surface area contributed by atoms with E-state index in [0.29, 0.717) is 17.5 Å². The highest BCUT2D eigenvalue weighted by molar-refractivity contribution is 5.48. The predicted molar refractivity (Wildman–Crippen MR) is 61.9 cm³/mol. The van der Waals surface area contributed by atoms with E-state index in [2.05, 4.69) is 20.7 Å². The highest BCUT2D eigenvalue weighted by Gasteiger charge is 2.36. The SMILES string of the molecule is Cc1nc(NN)cc(NC2(CO)CCC2)n1. The maximum Gasteiger partial charge on any atom is 0.145 e. The van der Waals surface area contributed by atoms with Crippen molar-refractivity contribution in [1.29, 1.82) is 0 Å². The number of nitrogen functional groups attached to an aromatic ring is 1. The van der Waals surface area contributed by atoms with E-state index in [1.54, 1.807) is 13.0 Å². The number of rotatable bonds is 4. The van der Waals surface area contributed by atoms with Crippen molar-refractivity contribution in [3.05, 3.63) is 11.9 Å². The van der Waals surface area contributed by atoms with E-state index in [1.165, 1.54) is 0 Å². The molecule has 1 heterocycles. The summed E-state index contributed by atoms with van der Waals surface area (Å²) in [6, 6.07) is 1.74. The molecule has 16 heavy (non-hydrogen) atoms. The van der Waals surface area contributed by atoms with Gasteiger partial charge in [0.2, 0.25) is 0 Å². The minimum Gasteiger partial charge on any atom is -0.394 e. The van der Waals surface area contributed by atoms with Crippen molar-refractivity contribution < 1.29 is 5.11 Å².